The van der Waals surface area contributed by atoms with E-state index in [0.717, 1.165) is 0 Å². The molecule has 3 amide bonds. The van der Waals surface area contributed by atoms with Crippen LogP contribution in [0.5, 0.6) is 0 Å². The number of ether oxygens (including phenoxy) is 1. The Labute approximate surface area is 215 Å². The van der Waals surface area contributed by atoms with Gasteiger partial charge in [-0.1, -0.05) is 13.8 Å². The fraction of sp³-hybridized carbons (Fsp3) is 0.407. The normalized spacial score (nSPS) is 13.6. The van der Waals surface area contributed by atoms with E-state index in [1.165, 1.54) is 18.2 Å². The van der Waals surface area contributed by atoms with Gasteiger partial charge in [0.2, 0.25) is 5.91 Å². The lowest BCUT2D eigenvalue weighted by molar-refractivity contribution is -0.123. The summed E-state index contributed by atoms with van der Waals surface area (Å²) in [6, 6.07) is 4.09. The van der Waals surface area contributed by atoms with E-state index in [0.29, 0.717) is 52.4 Å². The Balaban J connectivity index is 1.49. The number of halogens is 1. The van der Waals surface area contributed by atoms with Crippen molar-refractivity contribution in [1.29, 1.82) is 0 Å². The summed E-state index contributed by atoms with van der Waals surface area (Å²) in [6.45, 7) is 8.18. The van der Waals surface area contributed by atoms with Crippen LogP contribution >= 0.6 is 0 Å². The molecule has 10 heteroatoms. The number of aromatic nitrogens is 1. The average Bonchev–Trinajstić information content (AvgIpc) is 3.30. The second-order valence-corrected chi connectivity index (χ2v) is 9.20. The summed E-state index contributed by atoms with van der Waals surface area (Å²) >= 11 is 0. The highest BCUT2D eigenvalue weighted by molar-refractivity contribution is 6.34. The van der Waals surface area contributed by atoms with Gasteiger partial charge in [-0.3, -0.25) is 19.2 Å². The zero-order valence-electron chi connectivity index (χ0n) is 21.5. The van der Waals surface area contributed by atoms with Gasteiger partial charge in [-0.05, 0) is 43.7 Å². The molecule has 0 spiro atoms. The smallest absolute Gasteiger partial charge is 0.256 e. The number of hydrogen-bond donors (Lipinski definition) is 4. The monoisotopic (exact) mass is 512 g/mol. The Morgan fingerprint density at radius 1 is 1.08 bits per heavy atom. The van der Waals surface area contributed by atoms with Crippen molar-refractivity contribution in [3.05, 3.63) is 52.1 Å². The molecule has 0 atom stereocenters. The Morgan fingerprint density at radius 3 is 2.51 bits per heavy atom. The third kappa shape index (κ3) is 7.13. The fourth-order valence-corrected chi connectivity index (χ4v) is 3.99. The van der Waals surface area contributed by atoms with Crippen molar-refractivity contribution in [2.24, 2.45) is 5.92 Å². The molecule has 0 fully saturated rings. The second kappa shape index (κ2) is 12.4. The lowest BCUT2D eigenvalue weighted by Gasteiger charge is -2.08. The number of carbonyl (C=O) groups excluding carboxylic acids is 4. The maximum absolute atomic E-state index is 13.7. The van der Waals surface area contributed by atoms with Crippen LogP contribution in [0.4, 0.5) is 10.1 Å². The molecule has 0 bridgehead atoms. The maximum Gasteiger partial charge on any atom is 0.256 e. The van der Waals surface area contributed by atoms with Crippen LogP contribution in [-0.2, 0) is 19.1 Å². The van der Waals surface area contributed by atoms with Gasteiger partial charge < -0.3 is 25.7 Å². The summed E-state index contributed by atoms with van der Waals surface area (Å²) < 4.78 is 19.1. The largest absolute Gasteiger partial charge is 0.380 e. The Bertz CT molecular complexity index is 1230. The predicted molar refractivity (Wildman–Crippen MR) is 138 cm³/mol. The van der Waals surface area contributed by atoms with Crippen molar-refractivity contribution in [3.63, 3.8) is 0 Å². The summed E-state index contributed by atoms with van der Waals surface area (Å²) in [5.74, 6) is -1.21. The van der Waals surface area contributed by atoms with Crippen molar-refractivity contribution in [1.82, 2.24) is 15.6 Å². The molecule has 37 heavy (non-hydrogen) atoms. The van der Waals surface area contributed by atoms with E-state index in [2.05, 4.69) is 20.9 Å². The SMILES string of the molecule is Cc1[nH]c(/C=C2\C(=O)Nc3ccc(F)cc32)c(C)c1C(=O)NCCNC(=O)CCOCCC(=O)C(C)C. The van der Waals surface area contributed by atoms with Gasteiger partial charge in [0.05, 0.1) is 24.4 Å². The quantitative estimate of drug-likeness (QED) is 0.257. The number of aryl methyl sites for hydroxylation is 1. The van der Waals surface area contributed by atoms with E-state index in [9.17, 15) is 23.6 Å². The van der Waals surface area contributed by atoms with Gasteiger partial charge in [-0.2, -0.15) is 0 Å². The molecule has 2 heterocycles. The van der Waals surface area contributed by atoms with Crippen LogP contribution in [0, 0.1) is 25.6 Å². The Kier molecular flexibility index (Phi) is 9.35. The highest BCUT2D eigenvalue weighted by Gasteiger charge is 2.26. The number of anilines is 1. The zero-order valence-corrected chi connectivity index (χ0v) is 21.5. The number of rotatable bonds is 12. The molecule has 2 aromatic rings. The first-order valence-electron chi connectivity index (χ1n) is 12.3. The third-order valence-electron chi connectivity index (χ3n) is 6.10. The highest BCUT2D eigenvalue weighted by atomic mass is 19.1. The van der Waals surface area contributed by atoms with Crippen LogP contribution in [0.1, 0.15) is 59.6 Å². The molecule has 1 aliphatic heterocycles. The van der Waals surface area contributed by atoms with E-state index in [1.54, 1.807) is 19.9 Å². The van der Waals surface area contributed by atoms with Gasteiger partial charge in [0, 0.05) is 54.5 Å². The minimum atomic E-state index is -0.446. The van der Waals surface area contributed by atoms with Crippen LogP contribution in [0.2, 0.25) is 0 Å². The molecule has 1 aliphatic rings. The number of ketones is 1. The molecule has 0 unspecified atom stereocenters. The van der Waals surface area contributed by atoms with Crippen LogP contribution in [0.3, 0.4) is 0 Å². The van der Waals surface area contributed by atoms with Gasteiger partial charge in [0.25, 0.3) is 11.8 Å². The molecule has 1 aromatic heterocycles. The number of nitrogens with one attached hydrogen (secondary N) is 4. The minimum absolute atomic E-state index is 0.0261. The summed E-state index contributed by atoms with van der Waals surface area (Å²) in [5, 5.41) is 8.20. The van der Waals surface area contributed by atoms with Gasteiger partial charge in [0.15, 0.2) is 0 Å². The molecule has 0 radical (unpaired) electrons. The molecule has 0 saturated heterocycles. The van der Waals surface area contributed by atoms with Crippen molar-refractivity contribution >= 4 is 40.8 Å². The van der Waals surface area contributed by atoms with E-state index in [-0.39, 0.29) is 55.5 Å². The third-order valence-corrected chi connectivity index (χ3v) is 6.10. The highest BCUT2D eigenvalue weighted by Crippen LogP contribution is 2.34. The van der Waals surface area contributed by atoms with E-state index < -0.39 is 5.82 Å². The Hall–Kier alpha value is -3.79. The molecule has 4 N–H and O–H groups in total. The number of Topliss-reactive ketones (excluding diaryl/α,β-unsaturated/α-hetero) is 1. The first-order chi connectivity index (χ1) is 17.6. The van der Waals surface area contributed by atoms with Crippen LogP contribution < -0.4 is 16.0 Å². The van der Waals surface area contributed by atoms with Crippen molar-refractivity contribution in [3.8, 4) is 0 Å². The zero-order chi connectivity index (χ0) is 27.1. The topological polar surface area (TPSA) is 129 Å². The van der Waals surface area contributed by atoms with E-state index >= 15 is 0 Å². The number of H-pyrrole nitrogens is 1. The number of hydrogen-bond acceptors (Lipinski definition) is 5. The fourth-order valence-electron chi connectivity index (χ4n) is 3.99. The van der Waals surface area contributed by atoms with Gasteiger partial charge in [-0.25, -0.2) is 4.39 Å². The molecular weight excluding hydrogens is 479 g/mol. The number of carbonyl (C=O) groups is 4. The lowest BCUT2D eigenvalue weighted by Crippen LogP contribution is -2.35. The molecule has 198 valence electrons. The van der Waals surface area contributed by atoms with Crippen LogP contribution in [0.15, 0.2) is 18.2 Å². The number of amides is 3. The lowest BCUT2D eigenvalue weighted by atomic mass is 10.0. The summed E-state index contributed by atoms with van der Waals surface area (Å²) in [4.78, 5) is 51.8. The first-order valence-corrected chi connectivity index (χ1v) is 12.3. The molecule has 0 saturated carbocycles. The molecular formula is C27H33FN4O5. The number of aromatic amines is 1. The maximum atomic E-state index is 13.7. The number of fused-ring (bicyclic) bond motifs is 1. The molecule has 1 aromatic carbocycles. The van der Waals surface area contributed by atoms with Crippen molar-refractivity contribution < 1.29 is 28.3 Å². The minimum Gasteiger partial charge on any atom is -0.380 e. The van der Waals surface area contributed by atoms with Gasteiger partial charge in [-0.15, -0.1) is 0 Å². The van der Waals surface area contributed by atoms with E-state index in [4.69, 9.17) is 4.74 Å². The molecule has 3 rings (SSSR count). The molecule has 9 nitrogen and oxygen atoms in total. The van der Waals surface area contributed by atoms with Crippen molar-refractivity contribution in [2.45, 2.75) is 40.5 Å². The first kappa shape index (κ1) is 27.8. The van der Waals surface area contributed by atoms with Gasteiger partial charge >= 0.3 is 0 Å². The van der Waals surface area contributed by atoms with Crippen LogP contribution in [0.25, 0.3) is 11.6 Å². The summed E-state index contributed by atoms with van der Waals surface area (Å²) in [6.07, 6.45) is 2.11. The standard InChI is InChI=1S/C27H33FN4O5/c1-15(2)23(33)7-11-37-12-8-24(34)29-9-10-30-27(36)25-16(3)22(31-17(25)4)14-20-19-13-18(28)5-6-21(19)32-26(20)35/h5-6,13-15,31H,7-12H2,1-4H3,(H,29,34)(H,30,36)(H,32,35)/b20-14-. The van der Waals surface area contributed by atoms with Crippen LogP contribution in [-0.4, -0.2) is 54.8 Å². The van der Waals surface area contributed by atoms with E-state index in [1.807, 2.05) is 13.8 Å². The van der Waals surface area contributed by atoms with Crippen molar-refractivity contribution in [2.75, 3.05) is 31.6 Å². The second-order valence-electron chi connectivity index (χ2n) is 9.20. The number of benzene rings is 1. The predicted octanol–water partition coefficient (Wildman–Crippen LogP) is 3.13. The summed E-state index contributed by atoms with van der Waals surface area (Å²) in [5.41, 5.74) is 3.60. The Morgan fingerprint density at radius 2 is 1.78 bits per heavy atom. The summed E-state index contributed by atoms with van der Waals surface area (Å²) in [7, 11) is 0. The van der Waals surface area contributed by atoms with Gasteiger partial charge in [0.1, 0.15) is 11.6 Å². The molecule has 0 aliphatic carbocycles. The average molecular weight is 513 g/mol.